The van der Waals surface area contributed by atoms with Gasteiger partial charge in [-0.15, -0.1) is 0 Å². The quantitative estimate of drug-likeness (QED) is 0.373. The molecule has 0 saturated carbocycles. The fraction of sp³-hybridized carbons (Fsp3) is 0.435. The summed E-state index contributed by atoms with van der Waals surface area (Å²) in [7, 11) is 1.28. The molecule has 0 spiro atoms. The number of hydrogen-bond donors (Lipinski definition) is 0. The molecular weight excluding hydrogens is 457 g/mol. The summed E-state index contributed by atoms with van der Waals surface area (Å²) in [6.07, 6.45) is 5.54. The minimum atomic E-state index is -1.11. The molecule has 180 valence electrons. The molecule has 0 aliphatic rings. The molecule has 0 saturated heterocycles. The molecule has 0 N–H and O–H groups in total. The van der Waals surface area contributed by atoms with E-state index < -0.39 is 22.4 Å². The van der Waals surface area contributed by atoms with Crippen LogP contribution in [0, 0.1) is 0 Å². The average Bonchev–Trinajstić information content (AvgIpc) is 3.32. The maximum atomic E-state index is 12.0. The number of ether oxygens (including phenoxy) is 2. The van der Waals surface area contributed by atoms with Crippen molar-refractivity contribution in [3.8, 4) is 22.8 Å². The summed E-state index contributed by atoms with van der Waals surface area (Å²) < 4.78 is 18.6. The van der Waals surface area contributed by atoms with Gasteiger partial charge in [0, 0.05) is 31.1 Å². The summed E-state index contributed by atoms with van der Waals surface area (Å²) in [4.78, 5) is 16.2. The van der Waals surface area contributed by atoms with Crippen LogP contribution in [0.3, 0.4) is 0 Å². The number of esters is 1. The predicted octanol–water partition coefficient (Wildman–Crippen LogP) is 2.49. The first kappa shape index (κ1) is 29.9. The Morgan fingerprint density at radius 3 is 2.15 bits per heavy atom. The second-order valence-electron chi connectivity index (χ2n) is 9.62. The van der Waals surface area contributed by atoms with Crippen LogP contribution in [0.2, 0.25) is 39.3 Å². The molecule has 0 aliphatic heterocycles. The molecule has 0 amide bonds. The van der Waals surface area contributed by atoms with E-state index in [2.05, 4.69) is 49.4 Å². The molecule has 8 nitrogen and oxygen atoms in total. The third-order valence-electron chi connectivity index (χ3n) is 4.17. The van der Waals surface area contributed by atoms with E-state index in [9.17, 15) is 4.79 Å². The molecule has 0 bridgehead atoms. The second kappa shape index (κ2) is 12.6. The number of methoxy groups -OCH3 is 1. The Labute approximate surface area is 217 Å². The Morgan fingerprint density at radius 2 is 1.74 bits per heavy atom. The van der Waals surface area contributed by atoms with Gasteiger partial charge in [0.05, 0.1) is 31.3 Å². The van der Waals surface area contributed by atoms with Crippen molar-refractivity contribution in [1.29, 1.82) is 0 Å². The molecule has 0 atom stereocenters. The Kier molecular flexibility index (Phi) is 11.1. The van der Waals surface area contributed by atoms with E-state index in [1.807, 2.05) is 36.1 Å². The van der Waals surface area contributed by atoms with Crippen molar-refractivity contribution in [3.05, 3.63) is 53.2 Å². The number of carbonyl (C=O) groups excluding carboxylic acids is 1. The van der Waals surface area contributed by atoms with Gasteiger partial charge >= 0.3 is 24.8 Å². The maximum absolute atomic E-state index is 12.0. The zero-order chi connectivity index (χ0) is 24.8. The van der Waals surface area contributed by atoms with Crippen molar-refractivity contribution in [1.82, 2.24) is 19.3 Å². The van der Waals surface area contributed by atoms with E-state index in [4.69, 9.17) is 14.1 Å². The van der Waals surface area contributed by atoms with Crippen molar-refractivity contribution in [3.63, 3.8) is 0 Å². The number of rotatable bonds is 7. The van der Waals surface area contributed by atoms with Crippen LogP contribution in [0.25, 0.3) is 21.6 Å². The van der Waals surface area contributed by atoms with Gasteiger partial charge in [0.15, 0.2) is 5.69 Å². The second-order valence-corrected chi connectivity index (χ2v) is 19.2. The van der Waals surface area contributed by atoms with Crippen molar-refractivity contribution in [2.45, 2.75) is 46.2 Å². The van der Waals surface area contributed by atoms with Gasteiger partial charge in [-0.25, -0.2) is 14.5 Å². The van der Waals surface area contributed by atoms with Crippen molar-refractivity contribution < 1.29 is 33.1 Å². The van der Waals surface area contributed by atoms with Crippen LogP contribution in [0.4, 0.5) is 0 Å². The van der Waals surface area contributed by atoms with E-state index >= 15 is 0 Å². The van der Waals surface area contributed by atoms with Gasteiger partial charge in [0.2, 0.25) is 5.88 Å². The molecule has 0 radical (unpaired) electrons. The number of nitrogens with zero attached hydrogens (tertiary/aromatic N) is 5. The summed E-state index contributed by atoms with van der Waals surface area (Å²) in [5.74, 6) is 0.0627. The van der Waals surface area contributed by atoms with Gasteiger partial charge in [-0.2, -0.15) is 5.10 Å². The maximum Gasteiger partial charge on any atom is 1.00 e. The molecule has 34 heavy (non-hydrogen) atoms. The standard InChI is InChI=1S/C17H18N4O3.C6H18NSi2.Li/c1-4-24-17(22)14-9-15(12-7-8-20(2)11-12)21(19-14)13-5-6-16(23-3)18-10-13;1-8(2,3)7-9(4,5)6;/h5-11H,4H2,1-3H3;1-6H3;/q;-1;+1. The molecule has 11 heteroatoms. The van der Waals surface area contributed by atoms with Crippen molar-refractivity contribution >= 4 is 22.4 Å². The molecule has 3 heterocycles. The zero-order valence-corrected chi connectivity index (χ0v) is 24.2. The van der Waals surface area contributed by atoms with E-state index in [0.717, 1.165) is 16.9 Å². The van der Waals surface area contributed by atoms with Crippen LogP contribution in [0.5, 0.6) is 5.88 Å². The predicted molar refractivity (Wildman–Crippen MR) is 138 cm³/mol. The molecule has 3 aromatic heterocycles. The number of hydrogen-bond acceptors (Lipinski definition) is 5. The molecule has 3 aromatic rings. The van der Waals surface area contributed by atoms with Crippen LogP contribution < -0.4 is 23.6 Å². The summed E-state index contributed by atoms with van der Waals surface area (Å²) in [5, 5.41) is 4.39. The van der Waals surface area contributed by atoms with Crippen LogP contribution in [-0.4, -0.2) is 55.5 Å². The van der Waals surface area contributed by atoms with E-state index in [1.54, 1.807) is 37.0 Å². The first-order valence-corrected chi connectivity index (χ1v) is 17.9. The van der Waals surface area contributed by atoms with Gasteiger partial charge in [-0.3, -0.25) is 0 Å². The van der Waals surface area contributed by atoms with Crippen molar-refractivity contribution in [2.75, 3.05) is 13.7 Å². The zero-order valence-electron chi connectivity index (χ0n) is 22.2. The molecule has 0 aromatic carbocycles. The van der Waals surface area contributed by atoms with Gasteiger partial charge < -0.3 is 18.7 Å². The monoisotopic (exact) mass is 493 g/mol. The molecule has 3 rings (SSSR count). The van der Waals surface area contributed by atoms with Crippen LogP contribution in [0.1, 0.15) is 17.4 Å². The number of aryl methyl sites for hydroxylation is 1. The van der Waals surface area contributed by atoms with E-state index in [1.165, 1.54) is 0 Å². The normalized spacial score (nSPS) is 11.2. The SMILES string of the molecule is CCOC(=O)c1cc(-c2ccn(C)c2)n(-c2ccc(OC)nc2)n1.C[Si](C)(C)[N-][Si](C)(C)C.[Li+]. The Morgan fingerprint density at radius 1 is 1.09 bits per heavy atom. The van der Waals surface area contributed by atoms with Gasteiger partial charge in [-0.05, 0) is 25.1 Å². The van der Waals surface area contributed by atoms with Gasteiger partial charge in [0.1, 0.15) is 0 Å². The number of carbonyl (C=O) groups is 1. The molecular formula is C23H36LiN5O3Si2. The minimum Gasteiger partial charge on any atom is -0.668 e. The fourth-order valence-corrected chi connectivity index (χ4v) is 11.4. The van der Waals surface area contributed by atoms with Crippen LogP contribution in [0.15, 0.2) is 42.9 Å². The van der Waals surface area contributed by atoms with Gasteiger partial charge in [0.25, 0.3) is 0 Å². The third kappa shape index (κ3) is 9.27. The topological polar surface area (TPSA) is 85.3 Å². The Hall–Kier alpha value is -2.10. The van der Waals surface area contributed by atoms with Gasteiger partial charge in [-0.1, -0.05) is 55.8 Å². The largest absolute Gasteiger partial charge is 1.00 e. The summed E-state index contributed by atoms with van der Waals surface area (Å²) in [6, 6.07) is 7.26. The third-order valence-corrected chi connectivity index (χ3v) is 9.53. The van der Waals surface area contributed by atoms with Crippen LogP contribution in [-0.2, 0) is 11.8 Å². The first-order chi connectivity index (χ1) is 15.3. The Bertz CT molecular complexity index is 1040. The molecule has 0 unspecified atom stereocenters. The number of pyridine rings is 1. The smallest absolute Gasteiger partial charge is 0.668 e. The summed E-state index contributed by atoms with van der Waals surface area (Å²) in [6.45, 7) is 15.8. The van der Waals surface area contributed by atoms with Crippen LogP contribution >= 0.6 is 0 Å². The molecule has 0 aliphatic carbocycles. The number of aromatic nitrogens is 4. The molecule has 0 fully saturated rings. The van der Waals surface area contributed by atoms with E-state index in [-0.39, 0.29) is 24.6 Å². The Balaban J connectivity index is 0.000000496. The average molecular weight is 494 g/mol. The fourth-order valence-electron chi connectivity index (χ4n) is 3.37. The summed E-state index contributed by atoms with van der Waals surface area (Å²) in [5.41, 5.74) is 2.71. The minimum absolute atomic E-state index is 0. The van der Waals surface area contributed by atoms with E-state index in [0.29, 0.717) is 12.5 Å². The summed E-state index contributed by atoms with van der Waals surface area (Å²) >= 11 is 0. The van der Waals surface area contributed by atoms with Crippen molar-refractivity contribution in [2.24, 2.45) is 7.05 Å². The first-order valence-electron chi connectivity index (χ1n) is 11.0.